The van der Waals surface area contributed by atoms with Crippen LogP contribution in [0.4, 0.5) is 4.79 Å². The van der Waals surface area contributed by atoms with Gasteiger partial charge in [-0.15, -0.1) is 0 Å². The molecule has 0 aliphatic heterocycles. The van der Waals surface area contributed by atoms with Gasteiger partial charge in [-0.1, -0.05) is 0 Å². The summed E-state index contributed by atoms with van der Waals surface area (Å²) in [5.74, 6) is -0.238. The molecular weight excluding hydrogens is 220 g/mol. The van der Waals surface area contributed by atoms with Gasteiger partial charge in [-0.2, -0.15) is 0 Å². The Morgan fingerprint density at radius 3 is 2.47 bits per heavy atom. The molecule has 2 fully saturated rings. The zero-order valence-electron chi connectivity index (χ0n) is 10.2. The molecule has 0 heterocycles. The summed E-state index contributed by atoms with van der Waals surface area (Å²) in [5.41, 5.74) is -0.501. The van der Waals surface area contributed by atoms with Gasteiger partial charge in [0.15, 0.2) is 0 Å². The first-order valence-corrected chi connectivity index (χ1v) is 6.31. The van der Waals surface area contributed by atoms with Crippen molar-refractivity contribution in [1.82, 2.24) is 10.6 Å². The van der Waals surface area contributed by atoms with E-state index in [0.717, 1.165) is 19.3 Å². The van der Waals surface area contributed by atoms with Gasteiger partial charge < -0.3 is 15.7 Å². The number of aliphatic carboxylic acids is 1. The molecule has 2 amide bonds. The summed E-state index contributed by atoms with van der Waals surface area (Å²) < 4.78 is 0. The van der Waals surface area contributed by atoms with Crippen LogP contribution in [0.25, 0.3) is 0 Å². The van der Waals surface area contributed by atoms with Crippen molar-refractivity contribution in [2.24, 2.45) is 5.92 Å². The summed E-state index contributed by atoms with van der Waals surface area (Å²) >= 11 is 0. The molecule has 1 unspecified atom stereocenters. The van der Waals surface area contributed by atoms with Crippen LogP contribution in [0.2, 0.25) is 0 Å². The van der Waals surface area contributed by atoms with Crippen LogP contribution in [0, 0.1) is 5.92 Å². The fraction of sp³-hybridized carbons (Fsp3) is 0.833. The van der Waals surface area contributed by atoms with Gasteiger partial charge in [0.25, 0.3) is 0 Å². The molecule has 96 valence electrons. The third-order valence-corrected chi connectivity index (χ3v) is 3.87. The molecule has 17 heavy (non-hydrogen) atoms. The molecule has 0 spiro atoms. The van der Waals surface area contributed by atoms with Crippen LogP contribution in [-0.4, -0.2) is 28.7 Å². The fourth-order valence-electron chi connectivity index (χ4n) is 2.44. The highest BCUT2D eigenvalue weighted by atomic mass is 16.4. The van der Waals surface area contributed by atoms with E-state index in [1.165, 1.54) is 12.8 Å². The molecule has 5 heteroatoms. The Morgan fingerprint density at radius 2 is 2.06 bits per heavy atom. The maximum absolute atomic E-state index is 11.8. The number of rotatable bonds is 5. The van der Waals surface area contributed by atoms with Crippen molar-refractivity contribution in [3.63, 3.8) is 0 Å². The summed E-state index contributed by atoms with van der Waals surface area (Å²) in [6.45, 7) is 2.00. The van der Waals surface area contributed by atoms with E-state index in [0.29, 0.717) is 5.92 Å². The van der Waals surface area contributed by atoms with E-state index >= 15 is 0 Å². The number of hydrogen-bond acceptors (Lipinski definition) is 2. The van der Waals surface area contributed by atoms with E-state index in [1.807, 2.05) is 6.92 Å². The van der Waals surface area contributed by atoms with Gasteiger partial charge in [0, 0.05) is 6.04 Å². The zero-order valence-corrected chi connectivity index (χ0v) is 10.2. The molecule has 0 radical (unpaired) electrons. The van der Waals surface area contributed by atoms with Crippen molar-refractivity contribution in [3.8, 4) is 0 Å². The Morgan fingerprint density at radius 1 is 1.41 bits per heavy atom. The average Bonchev–Trinajstić information content (AvgIpc) is 2.95. The topological polar surface area (TPSA) is 78.4 Å². The monoisotopic (exact) mass is 240 g/mol. The van der Waals surface area contributed by atoms with E-state index in [4.69, 9.17) is 5.11 Å². The number of urea groups is 1. The lowest BCUT2D eigenvalue weighted by molar-refractivity contribution is -0.139. The molecule has 5 nitrogen and oxygen atoms in total. The highest BCUT2D eigenvalue weighted by Crippen LogP contribution is 2.35. The molecule has 1 atom stereocenters. The molecule has 2 aliphatic rings. The average molecular weight is 240 g/mol. The summed E-state index contributed by atoms with van der Waals surface area (Å²) in [7, 11) is 0. The maximum Gasteiger partial charge on any atom is 0.315 e. The highest BCUT2D eigenvalue weighted by molar-refractivity contribution is 5.77. The Hall–Kier alpha value is -1.26. The lowest BCUT2D eigenvalue weighted by Crippen LogP contribution is -2.58. The number of carboxylic acids is 1. The fourth-order valence-corrected chi connectivity index (χ4v) is 2.44. The summed E-state index contributed by atoms with van der Waals surface area (Å²) in [6.07, 6.45) is 4.92. The van der Waals surface area contributed by atoms with Crippen LogP contribution in [0.1, 0.15) is 45.4 Å². The SMILES string of the molecule is CC(NC(=O)NC1(CC(=O)O)CCC1)C1CC1. The Labute approximate surface area is 101 Å². The Balaban J connectivity index is 1.81. The smallest absolute Gasteiger partial charge is 0.315 e. The normalized spacial score (nSPS) is 23.4. The molecule has 0 bridgehead atoms. The van der Waals surface area contributed by atoms with Gasteiger partial charge in [-0.05, 0) is 44.9 Å². The van der Waals surface area contributed by atoms with Crippen molar-refractivity contribution in [2.45, 2.75) is 57.0 Å². The first-order valence-electron chi connectivity index (χ1n) is 6.31. The lowest BCUT2D eigenvalue weighted by atomic mass is 9.74. The largest absolute Gasteiger partial charge is 0.481 e. The van der Waals surface area contributed by atoms with Gasteiger partial charge in [0.1, 0.15) is 0 Å². The van der Waals surface area contributed by atoms with Crippen molar-refractivity contribution < 1.29 is 14.7 Å². The van der Waals surface area contributed by atoms with Crippen molar-refractivity contribution in [3.05, 3.63) is 0 Å². The second kappa shape index (κ2) is 4.55. The van der Waals surface area contributed by atoms with Crippen molar-refractivity contribution >= 4 is 12.0 Å². The van der Waals surface area contributed by atoms with Crippen LogP contribution >= 0.6 is 0 Å². The minimum absolute atomic E-state index is 0.0260. The van der Waals surface area contributed by atoms with E-state index < -0.39 is 11.5 Å². The molecule has 2 aliphatic carbocycles. The number of carbonyl (C=O) groups is 2. The minimum atomic E-state index is -0.847. The molecule has 0 aromatic rings. The standard InChI is InChI=1S/C12H20N2O3/c1-8(9-3-4-9)13-11(17)14-12(5-2-6-12)7-10(15)16/h8-9H,2-7H2,1H3,(H,15,16)(H2,13,14,17). The Kier molecular flexibility index (Phi) is 3.26. The van der Waals surface area contributed by atoms with Crippen molar-refractivity contribution in [1.29, 1.82) is 0 Å². The van der Waals surface area contributed by atoms with Crippen molar-refractivity contribution in [2.75, 3.05) is 0 Å². The second-order valence-corrected chi connectivity index (χ2v) is 5.43. The van der Waals surface area contributed by atoms with Crippen LogP contribution in [-0.2, 0) is 4.79 Å². The molecule has 0 saturated heterocycles. The molecule has 0 aromatic carbocycles. The van der Waals surface area contributed by atoms with Crippen LogP contribution in [0.3, 0.4) is 0 Å². The molecule has 3 N–H and O–H groups in total. The van der Waals surface area contributed by atoms with E-state index in [2.05, 4.69) is 10.6 Å². The van der Waals surface area contributed by atoms with Gasteiger partial charge >= 0.3 is 12.0 Å². The van der Waals surface area contributed by atoms with Crippen LogP contribution in [0.5, 0.6) is 0 Å². The second-order valence-electron chi connectivity index (χ2n) is 5.43. The predicted molar refractivity (Wildman–Crippen MR) is 62.7 cm³/mol. The van der Waals surface area contributed by atoms with E-state index in [-0.39, 0.29) is 18.5 Å². The Bertz CT molecular complexity index is 322. The quantitative estimate of drug-likeness (QED) is 0.681. The highest BCUT2D eigenvalue weighted by Gasteiger charge is 2.41. The number of amides is 2. The number of carboxylic acid groups (broad SMARTS) is 1. The van der Waals surface area contributed by atoms with Crippen LogP contribution < -0.4 is 10.6 Å². The molecular formula is C12H20N2O3. The summed E-state index contributed by atoms with van der Waals surface area (Å²) in [5, 5.41) is 14.6. The predicted octanol–water partition coefficient (Wildman–Crippen LogP) is 1.48. The third-order valence-electron chi connectivity index (χ3n) is 3.87. The number of nitrogens with one attached hydrogen (secondary N) is 2. The first-order chi connectivity index (χ1) is 8.01. The van der Waals surface area contributed by atoms with Gasteiger partial charge in [0.2, 0.25) is 0 Å². The van der Waals surface area contributed by atoms with Gasteiger partial charge in [-0.3, -0.25) is 4.79 Å². The summed E-state index contributed by atoms with van der Waals surface area (Å²) in [4.78, 5) is 22.5. The molecule has 2 rings (SSSR count). The zero-order chi connectivity index (χ0) is 12.5. The van der Waals surface area contributed by atoms with Gasteiger partial charge in [-0.25, -0.2) is 4.79 Å². The number of hydrogen-bond donors (Lipinski definition) is 3. The first kappa shape index (κ1) is 12.2. The van der Waals surface area contributed by atoms with E-state index in [1.54, 1.807) is 0 Å². The number of carbonyl (C=O) groups excluding carboxylic acids is 1. The van der Waals surface area contributed by atoms with Gasteiger partial charge in [0.05, 0.1) is 12.0 Å². The van der Waals surface area contributed by atoms with Crippen LogP contribution in [0.15, 0.2) is 0 Å². The summed E-state index contributed by atoms with van der Waals surface area (Å²) in [6, 6.07) is -0.0256. The third kappa shape index (κ3) is 3.11. The molecule has 2 saturated carbocycles. The molecule has 0 aromatic heterocycles. The van der Waals surface area contributed by atoms with E-state index in [9.17, 15) is 9.59 Å². The maximum atomic E-state index is 11.8. The lowest BCUT2D eigenvalue weighted by Gasteiger charge is -2.41. The minimum Gasteiger partial charge on any atom is -0.481 e.